The summed E-state index contributed by atoms with van der Waals surface area (Å²) in [7, 11) is 0. The Balaban J connectivity index is 2.27. The Morgan fingerprint density at radius 1 is 1.43 bits per heavy atom. The van der Waals surface area contributed by atoms with Gasteiger partial charge in [0, 0.05) is 30.8 Å². The highest BCUT2D eigenvalue weighted by Gasteiger charge is 2.37. The lowest BCUT2D eigenvalue weighted by Gasteiger charge is -2.45. The first-order chi connectivity index (χ1) is 6.44. The van der Waals surface area contributed by atoms with Crippen molar-refractivity contribution < 1.29 is 9.59 Å². The minimum Gasteiger partial charge on any atom is -0.323 e. The fourth-order valence-corrected chi connectivity index (χ4v) is 1.65. The lowest BCUT2D eigenvalue weighted by atomic mass is 9.85. The van der Waals surface area contributed by atoms with E-state index in [1.807, 2.05) is 0 Å². The largest absolute Gasteiger partial charge is 0.324 e. The molecule has 0 aliphatic carbocycles. The molecule has 5 heteroatoms. The number of urea groups is 1. The standard InChI is InChI=1S/C9H15ClN2O2/c1-9(2)5-12(6-9)8(14)11-7(13)3-4-10/h3-6H2,1-2H3,(H,11,13,14). The number of carbonyl (C=O) groups is 2. The molecule has 0 radical (unpaired) electrons. The number of nitrogens with one attached hydrogen (secondary N) is 1. The van der Waals surface area contributed by atoms with E-state index < -0.39 is 0 Å². The minimum absolute atomic E-state index is 0.185. The maximum atomic E-state index is 11.3. The number of imide groups is 1. The summed E-state index contributed by atoms with van der Waals surface area (Å²) in [5, 5.41) is 2.28. The molecule has 1 rings (SSSR count). The Bertz CT molecular complexity index is 245. The zero-order chi connectivity index (χ0) is 10.8. The molecule has 0 aromatic heterocycles. The van der Waals surface area contributed by atoms with Crippen molar-refractivity contribution >= 4 is 23.5 Å². The van der Waals surface area contributed by atoms with Crippen molar-refractivity contribution in [2.24, 2.45) is 5.41 Å². The Morgan fingerprint density at radius 2 is 2.00 bits per heavy atom. The van der Waals surface area contributed by atoms with Crippen molar-refractivity contribution in [3.63, 3.8) is 0 Å². The Kier molecular flexibility index (Phi) is 3.37. The van der Waals surface area contributed by atoms with Crippen LogP contribution in [0.15, 0.2) is 0 Å². The maximum Gasteiger partial charge on any atom is 0.324 e. The molecule has 1 N–H and O–H groups in total. The van der Waals surface area contributed by atoms with Gasteiger partial charge in [0.05, 0.1) is 0 Å². The molecule has 0 aromatic carbocycles. The van der Waals surface area contributed by atoms with Crippen LogP contribution in [0.4, 0.5) is 4.79 Å². The predicted octanol–water partition coefficient (Wildman–Crippen LogP) is 1.19. The molecular weight excluding hydrogens is 204 g/mol. The second kappa shape index (κ2) is 4.17. The molecule has 0 unspecified atom stereocenters. The molecule has 0 saturated carbocycles. The lowest BCUT2D eigenvalue weighted by Crippen LogP contribution is -2.59. The third-order valence-corrected chi connectivity index (χ3v) is 2.28. The average molecular weight is 219 g/mol. The molecule has 1 aliphatic heterocycles. The summed E-state index contributed by atoms with van der Waals surface area (Å²) in [5.74, 6) is -0.0698. The number of halogens is 1. The van der Waals surface area contributed by atoms with E-state index in [2.05, 4.69) is 19.2 Å². The van der Waals surface area contributed by atoms with Gasteiger partial charge in [0.25, 0.3) is 0 Å². The third-order valence-electron chi connectivity index (χ3n) is 2.09. The Morgan fingerprint density at radius 3 is 2.43 bits per heavy atom. The van der Waals surface area contributed by atoms with Gasteiger partial charge in [-0.2, -0.15) is 0 Å². The van der Waals surface area contributed by atoms with Crippen molar-refractivity contribution in [3.8, 4) is 0 Å². The van der Waals surface area contributed by atoms with Crippen LogP contribution in [0.3, 0.4) is 0 Å². The highest BCUT2D eigenvalue weighted by Crippen LogP contribution is 2.28. The molecule has 4 nitrogen and oxygen atoms in total. The van der Waals surface area contributed by atoms with Crippen LogP contribution in [-0.2, 0) is 4.79 Å². The van der Waals surface area contributed by atoms with E-state index in [0.717, 1.165) is 0 Å². The molecule has 0 bridgehead atoms. The van der Waals surface area contributed by atoms with Gasteiger partial charge < -0.3 is 4.90 Å². The molecule has 1 heterocycles. The summed E-state index contributed by atoms with van der Waals surface area (Å²) >= 11 is 5.37. The highest BCUT2D eigenvalue weighted by molar-refractivity contribution is 6.19. The van der Waals surface area contributed by atoms with Crippen LogP contribution in [0.2, 0.25) is 0 Å². The molecule has 80 valence electrons. The van der Waals surface area contributed by atoms with Gasteiger partial charge in [0.15, 0.2) is 0 Å². The van der Waals surface area contributed by atoms with Crippen molar-refractivity contribution in [3.05, 3.63) is 0 Å². The average Bonchev–Trinajstić information content (AvgIpc) is 2.00. The van der Waals surface area contributed by atoms with Crippen molar-refractivity contribution in [2.45, 2.75) is 20.3 Å². The molecule has 1 aliphatic rings. The van der Waals surface area contributed by atoms with E-state index in [-0.39, 0.29) is 29.7 Å². The zero-order valence-corrected chi connectivity index (χ0v) is 9.23. The van der Waals surface area contributed by atoms with Gasteiger partial charge in [-0.1, -0.05) is 13.8 Å². The topological polar surface area (TPSA) is 49.4 Å². The second-order valence-corrected chi connectivity index (χ2v) is 4.69. The summed E-state index contributed by atoms with van der Waals surface area (Å²) in [6, 6.07) is -0.306. The van der Waals surface area contributed by atoms with Crippen LogP contribution in [0.25, 0.3) is 0 Å². The summed E-state index contributed by atoms with van der Waals surface area (Å²) < 4.78 is 0. The number of likely N-dealkylation sites (tertiary alicyclic amines) is 1. The number of carbonyl (C=O) groups excluding carboxylic acids is 2. The SMILES string of the molecule is CC1(C)CN(C(=O)NC(=O)CCCl)C1. The zero-order valence-electron chi connectivity index (χ0n) is 8.47. The molecule has 1 saturated heterocycles. The van der Waals surface area contributed by atoms with E-state index in [4.69, 9.17) is 11.6 Å². The van der Waals surface area contributed by atoms with Gasteiger partial charge >= 0.3 is 6.03 Å². The molecule has 1 fully saturated rings. The fraction of sp³-hybridized carbons (Fsp3) is 0.778. The van der Waals surface area contributed by atoms with Crippen LogP contribution < -0.4 is 5.32 Å². The van der Waals surface area contributed by atoms with Gasteiger partial charge in [-0.05, 0) is 0 Å². The lowest BCUT2D eigenvalue weighted by molar-refractivity contribution is -0.120. The van der Waals surface area contributed by atoms with Crippen LogP contribution >= 0.6 is 11.6 Å². The maximum absolute atomic E-state index is 11.3. The van der Waals surface area contributed by atoms with Crippen molar-refractivity contribution in [1.29, 1.82) is 0 Å². The minimum atomic E-state index is -0.310. The van der Waals surface area contributed by atoms with Crippen LogP contribution in [0.5, 0.6) is 0 Å². The number of alkyl halides is 1. The number of hydrogen-bond acceptors (Lipinski definition) is 2. The summed E-state index contributed by atoms with van der Waals surface area (Å²) in [6.07, 6.45) is 0.185. The Labute approximate surface area is 88.6 Å². The third kappa shape index (κ3) is 2.87. The molecule has 0 aromatic rings. The molecule has 0 spiro atoms. The monoisotopic (exact) mass is 218 g/mol. The Hall–Kier alpha value is -0.770. The number of hydrogen-bond donors (Lipinski definition) is 1. The highest BCUT2D eigenvalue weighted by atomic mass is 35.5. The first-order valence-corrected chi connectivity index (χ1v) is 5.13. The van der Waals surface area contributed by atoms with Crippen molar-refractivity contribution in [2.75, 3.05) is 19.0 Å². The fourth-order valence-electron chi connectivity index (χ4n) is 1.48. The van der Waals surface area contributed by atoms with E-state index in [0.29, 0.717) is 13.1 Å². The van der Waals surface area contributed by atoms with Crippen LogP contribution in [-0.4, -0.2) is 35.8 Å². The smallest absolute Gasteiger partial charge is 0.323 e. The van der Waals surface area contributed by atoms with Crippen LogP contribution in [0.1, 0.15) is 20.3 Å². The molecular formula is C9H15ClN2O2. The number of rotatable bonds is 2. The van der Waals surface area contributed by atoms with E-state index >= 15 is 0 Å². The second-order valence-electron chi connectivity index (χ2n) is 4.31. The normalized spacial score (nSPS) is 18.6. The van der Waals surface area contributed by atoms with E-state index in [1.54, 1.807) is 4.90 Å². The summed E-state index contributed by atoms with van der Waals surface area (Å²) in [4.78, 5) is 24.0. The number of amides is 3. The van der Waals surface area contributed by atoms with Gasteiger partial charge in [-0.25, -0.2) is 4.79 Å². The summed E-state index contributed by atoms with van der Waals surface area (Å²) in [5.41, 5.74) is 0.187. The van der Waals surface area contributed by atoms with Gasteiger partial charge in [0.2, 0.25) is 5.91 Å². The van der Waals surface area contributed by atoms with Gasteiger partial charge in [0.1, 0.15) is 0 Å². The van der Waals surface area contributed by atoms with E-state index in [9.17, 15) is 9.59 Å². The number of nitrogens with zero attached hydrogens (tertiary/aromatic N) is 1. The molecule has 14 heavy (non-hydrogen) atoms. The van der Waals surface area contributed by atoms with Crippen molar-refractivity contribution in [1.82, 2.24) is 10.2 Å². The molecule has 0 atom stereocenters. The summed E-state index contributed by atoms with van der Waals surface area (Å²) in [6.45, 7) is 5.56. The molecule has 3 amide bonds. The first-order valence-electron chi connectivity index (χ1n) is 4.59. The van der Waals surface area contributed by atoms with Crippen LogP contribution in [0, 0.1) is 5.41 Å². The predicted molar refractivity (Wildman–Crippen MR) is 54.2 cm³/mol. The van der Waals surface area contributed by atoms with Gasteiger partial charge in [-0.15, -0.1) is 11.6 Å². The quantitative estimate of drug-likeness (QED) is 0.708. The van der Waals surface area contributed by atoms with E-state index in [1.165, 1.54) is 0 Å². The van der Waals surface area contributed by atoms with Gasteiger partial charge in [-0.3, -0.25) is 10.1 Å². The first kappa shape index (κ1) is 11.3.